The van der Waals surface area contributed by atoms with Crippen molar-refractivity contribution in [2.24, 2.45) is 7.05 Å². The van der Waals surface area contributed by atoms with Gasteiger partial charge in [0.15, 0.2) is 0 Å². The van der Waals surface area contributed by atoms with Crippen molar-refractivity contribution in [1.82, 2.24) is 9.47 Å². The lowest BCUT2D eigenvalue weighted by Gasteiger charge is -2.43. The van der Waals surface area contributed by atoms with E-state index in [-0.39, 0.29) is 17.4 Å². The van der Waals surface area contributed by atoms with Crippen LogP contribution >= 0.6 is 0 Å². The number of hydrogen-bond donors (Lipinski definition) is 0. The standard InChI is InChI=1S/C27H27FN2O3/c1-4-15-27(23-10-12-24(28)13-11-23)16-17-30(26(32)33-27)19(2)20-5-7-21(8-6-20)22-9-14-25(31)29(3)18-22/h4-14,18-19H,1,15-17H2,2-3H3/t19-,27?/m0/s1. The van der Waals surface area contributed by atoms with Crippen LogP contribution in [-0.2, 0) is 17.4 Å². The Bertz CT molecular complexity index is 1220. The molecule has 1 aromatic heterocycles. The van der Waals surface area contributed by atoms with Gasteiger partial charge in [0.2, 0.25) is 5.56 Å². The van der Waals surface area contributed by atoms with E-state index in [0.717, 1.165) is 22.3 Å². The molecule has 0 saturated carbocycles. The third-order valence-corrected chi connectivity index (χ3v) is 6.40. The van der Waals surface area contributed by atoms with Crippen LogP contribution in [0, 0.1) is 5.82 Å². The minimum absolute atomic E-state index is 0.0548. The van der Waals surface area contributed by atoms with Gasteiger partial charge in [0, 0.05) is 38.7 Å². The SMILES string of the molecule is C=CCC1(c2ccc(F)cc2)CCN([C@@H](C)c2ccc(-c3ccc(=O)n(C)c3)cc2)C(=O)O1. The van der Waals surface area contributed by atoms with Gasteiger partial charge in [0.1, 0.15) is 11.4 Å². The first kappa shape index (κ1) is 22.5. The van der Waals surface area contributed by atoms with Crippen LogP contribution in [0.1, 0.15) is 36.9 Å². The summed E-state index contributed by atoms with van der Waals surface area (Å²) >= 11 is 0. The smallest absolute Gasteiger partial charge is 0.411 e. The quantitative estimate of drug-likeness (QED) is 0.466. The van der Waals surface area contributed by atoms with Gasteiger partial charge in [-0.25, -0.2) is 9.18 Å². The van der Waals surface area contributed by atoms with Crippen LogP contribution in [0.5, 0.6) is 0 Å². The molecule has 2 aromatic carbocycles. The number of carbonyl (C=O) groups is 1. The second-order valence-corrected chi connectivity index (χ2v) is 8.47. The number of halogens is 1. The van der Waals surface area contributed by atoms with Gasteiger partial charge >= 0.3 is 6.09 Å². The number of aryl methyl sites for hydroxylation is 1. The summed E-state index contributed by atoms with van der Waals surface area (Å²) in [5.41, 5.74) is 2.80. The van der Waals surface area contributed by atoms with Crippen LogP contribution < -0.4 is 5.56 Å². The first-order chi connectivity index (χ1) is 15.8. The first-order valence-electron chi connectivity index (χ1n) is 11.0. The van der Waals surface area contributed by atoms with E-state index in [1.807, 2.05) is 31.2 Å². The topological polar surface area (TPSA) is 51.5 Å². The fraction of sp³-hybridized carbons (Fsp3) is 0.259. The van der Waals surface area contributed by atoms with E-state index < -0.39 is 11.7 Å². The molecule has 0 bridgehead atoms. The van der Waals surface area contributed by atoms with Gasteiger partial charge in [0.25, 0.3) is 0 Å². The Labute approximate surface area is 192 Å². The molecule has 5 nitrogen and oxygen atoms in total. The number of cyclic esters (lactones) is 1. The lowest BCUT2D eigenvalue weighted by atomic mass is 9.85. The lowest BCUT2D eigenvalue weighted by molar-refractivity contribution is -0.0588. The third kappa shape index (κ3) is 4.46. The highest BCUT2D eigenvalue weighted by Crippen LogP contribution is 2.40. The third-order valence-electron chi connectivity index (χ3n) is 6.40. The molecule has 0 N–H and O–H groups in total. The van der Waals surface area contributed by atoms with Gasteiger partial charge in [-0.15, -0.1) is 6.58 Å². The minimum atomic E-state index is -0.837. The Morgan fingerprint density at radius 3 is 2.33 bits per heavy atom. The van der Waals surface area contributed by atoms with Crippen molar-refractivity contribution >= 4 is 6.09 Å². The first-order valence-corrected chi connectivity index (χ1v) is 11.0. The number of nitrogens with zero attached hydrogens (tertiary/aromatic N) is 2. The van der Waals surface area contributed by atoms with Gasteiger partial charge in [-0.2, -0.15) is 0 Å². The van der Waals surface area contributed by atoms with E-state index in [1.165, 1.54) is 12.1 Å². The zero-order valence-electron chi connectivity index (χ0n) is 18.8. The highest BCUT2D eigenvalue weighted by atomic mass is 19.1. The molecule has 0 aliphatic carbocycles. The molecule has 2 heterocycles. The molecule has 1 aliphatic rings. The van der Waals surface area contributed by atoms with Crippen molar-refractivity contribution in [3.8, 4) is 11.1 Å². The van der Waals surface area contributed by atoms with Crippen LogP contribution in [0.15, 0.2) is 84.3 Å². The van der Waals surface area contributed by atoms with E-state index in [2.05, 4.69) is 6.58 Å². The fourth-order valence-corrected chi connectivity index (χ4v) is 4.37. The van der Waals surface area contributed by atoms with Crippen molar-refractivity contribution in [1.29, 1.82) is 0 Å². The average Bonchev–Trinajstić information content (AvgIpc) is 2.81. The van der Waals surface area contributed by atoms with Crippen LogP contribution in [-0.4, -0.2) is 22.1 Å². The summed E-state index contributed by atoms with van der Waals surface area (Å²) in [6, 6.07) is 17.2. The molecule has 0 radical (unpaired) electrons. The Morgan fingerprint density at radius 2 is 1.73 bits per heavy atom. The van der Waals surface area contributed by atoms with Crippen LogP contribution in [0.2, 0.25) is 0 Å². The molecule has 170 valence electrons. The zero-order chi connectivity index (χ0) is 23.6. The summed E-state index contributed by atoms with van der Waals surface area (Å²) in [5.74, 6) is -0.328. The molecule has 1 aliphatic heterocycles. The summed E-state index contributed by atoms with van der Waals surface area (Å²) in [5, 5.41) is 0. The molecule has 33 heavy (non-hydrogen) atoms. The monoisotopic (exact) mass is 446 g/mol. The Hall–Kier alpha value is -3.67. The van der Waals surface area contributed by atoms with E-state index in [4.69, 9.17) is 4.74 Å². The van der Waals surface area contributed by atoms with E-state index in [0.29, 0.717) is 19.4 Å². The van der Waals surface area contributed by atoms with Gasteiger partial charge < -0.3 is 14.2 Å². The lowest BCUT2D eigenvalue weighted by Crippen LogP contribution is -2.48. The predicted molar refractivity (Wildman–Crippen MR) is 126 cm³/mol. The van der Waals surface area contributed by atoms with Crippen molar-refractivity contribution in [3.63, 3.8) is 0 Å². The van der Waals surface area contributed by atoms with Crippen LogP contribution in [0.25, 0.3) is 11.1 Å². The number of amides is 1. The molecular weight excluding hydrogens is 419 g/mol. The van der Waals surface area contributed by atoms with Gasteiger partial charge in [-0.05, 0) is 47.4 Å². The molecule has 2 atom stereocenters. The fourth-order valence-electron chi connectivity index (χ4n) is 4.37. The van der Waals surface area contributed by atoms with Crippen molar-refractivity contribution in [2.45, 2.75) is 31.4 Å². The number of benzene rings is 2. The molecule has 1 unspecified atom stereocenters. The number of carbonyl (C=O) groups excluding carboxylic acids is 1. The van der Waals surface area contributed by atoms with Crippen molar-refractivity contribution in [3.05, 3.63) is 107 Å². The Balaban J connectivity index is 1.52. The Morgan fingerprint density at radius 1 is 1.06 bits per heavy atom. The summed E-state index contributed by atoms with van der Waals surface area (Å²) < 4.78 is 20.9. The number of pyridine rings is 1. The largest absolute Gasteiger partial charge is 0.437 e. The number of hydrogen-bond acceptors (Lipinski definition) is 3. The van der Waals surface area contributed by atoms with Gasteiger partial charge in [0.05, 0.1) is 6.04 Å². The summed E-state index contributed by atoms with van der Waals surface area (Å²) in [6.45, 7) is 6.30. The van der Waals surface area contributed by atoms with E-state index in [1.54, 1.807) is 53.1 Å². The molecule has 1 saturated heterocycles. The van der Waals surface area contributed by atoms with Gasteiger partial charge in [-0.3, -0.25) is 4.79 Å². The maximum absolute atomic E-state index is 13.4. The molecule has 1 fully saturated rings. The Kier molecular flexibility index (Phi) is 6.18. The number of ether oxygens (including phenoxy) is 1. The second kappa shape index (κ2) is 9.06. The number of rotatable bonds is 6. The highest BCUT2D eigenvalue weighted by Gasteiger charge is 2.42. The average molecular weight is 447 g/mol. The summed E-state index contributed by atoms with van der Waals surface area (Å²) in [6.07, 6.45) is 4.17. The van der Waals surface area contributed by atoms with Crippen molar-refractivity contribution < 1.29 is 13.9 Å². The molecule has 0 spiro atoms. The van der Waals surface area contributed by atoms with Crippen LogP contribution in [0.3, 0.4) is 0 Å². The zero-order valence-corrected chi connectivity index (χ0v) is 18.8. The normalized spacial score (nSPS) is 19.1. The van der Waals surface area contributed by atoms with E-state index in [9.17, 15) is 14.0 Å². The minimum Gasteiger partial charge on any atom is -0.437 e. The molecule has 1 amide bonds. The summed E-state index contributed by atoms with van der Waals surface area (Å²) in [7, 11) is 1.72. The molecule has 6 heteroatoms. The molecule has 4 rings (SSSR count). The second-order valence-electron chi connectivity index (χ2n) is 8.47. The van der Waals surface area contributed by atoms with Crippen molar-refractivity contribution in [2.75, 3.05) is 6.54 Å². The molecule has 3 aromatic rings. The number of aromatic nitrogens is 1. The maximum atomic E-state index is 13.4. The van der Waals surface area contributed by atoms with Crippen LogP contribution in [0.4, 0.5) is 9.18 Å². The van der Waals surface area contributed by atoms with E-state index >= 15 is 0 Å². The van der Waals surface area contributed by atoms with Gasteiger partial charge in [-0.1, -0.05) is 42.5 Å². The highest BCUT2D eigenvalue weighted by molar-refractivity contribution is 5.70. The maximum Gasteiger partial charge on any atom is 0.411 e. The molecular formula is C27H27FN2O3. The summed E-state index contributed by atoms with van der Waals surface area (Å²) in [4.78, 5) is 26.4. The predicted octanol–water partition coefficient (Wildman–Crippen LogP) is 5.57.